The first-order valence-corrected chi connectivity index (χ1v) is 7.53. The highest BCUT2D eigenvalue weighted by molar-refractivity contribution is 7.89. The number of sulfonamides is 1. The zero-order chi connectivity index (χ0) is 13.5. The van der Waals surface area contributed by atoms with Crippen LogP contribution in [0.5, 0.6) is 0 Å². The standard InChI is InChI=1S/C11H15N5O2S/c1-15-8-9(7-13-15)19(17,18)16-6-2-3-11(16)10-4-5-12-14-10/h4-5,7-8,11H,2-3,6H2,1H3,(H,12,14)/t11-/m0/s1. The molecule has 0 saturated carbocycles. The third-order valence-electron chi connectivity index (χ3n) is 3.37. The second kappa shape index (κ2) is 4.46. The number of aromatic amines is 1. The summed E-state index contributed by atoms with van der Waals surface area (Å²) in [7, 11) is -1.79. The van der Waals surface area contributed by atoms with Gasteiger partial charge in [0.2, 0.25) is 10.0 Å². The molecule has 0 amide bonds. The Bertz CT molecular complexity index is 661. The SMILES string of the molecule is Cn1cc(S(=O)(=O)N2CCC[C@H]2c2ccn[nH]2)cn1. The first-order chi connectivity index (χ1) is 9.09. The molecule has 2 aromatic rings. The molecule has 102 valence electrons. The quantitative estimate of drug-likeness (QED) is 0.896. The van der Waals surface area contributed by atoms with Gasteiger partial charge in [-0.3, -0.25) is 9.78 Å². The van der Waals surface area contributed by atoms with Crippen LogP contribution in [0.1, 0.15) is 24.6 Å². The monoisotopic (exact) mass is 281 g/mol. The summed E-state index contributed by atoms with van der Waals surface area (Å²) >= 11 is 0. The highest BCUT2D eigenvalue weighted by Gasteiger charge is 2.37. The van der Waals surface area contributed by atoms with Crippen LogP contribution < -0.4 is 0 Å². The molecule has 3 rings (SSSR count). The molecule has 3 heterocycles. The van der Waals surface area contributed by atoms with Crippen LogP contribution in [0.3, 0.4) is 0 Å². The van der Waals surface area contributed by atoms with Gasteiger partial charge in [-0.1, -0.05) is 0 Å². The zero-order valence-electron chi connectivity index (χ0n) is 10.5. The molecular formula is C11H15N5O2S. The largest absolute Gasteiger partial charge is 0.281 e. The minimum atomic E-state index is -3.49. The average molecular weight is 281 g/mol. The van der Waals surface area contributed by atoms with Crippen LogP contribution in [0.2, 0.25) is 0 Å². The lowest BCUT2D eigenvalue weighted by molar-refractivity contribution is 0.390. The van der Waals surface area contributed by atoms with Gasteiger partial charge in [0.25, 0.3) is 0 Å². The van der Waals surface area contributed by atoms with E-state index >= 15 is 0 Å². The molecule has 1 N–H and O–H groups in total. The molecule has 1 fully saturated rings. The van der Waals surface area contributed by atoms with Crippen molar-refractivity contribution in [2.75, 3.05) is 6.54 Å². The van der Waals surface area contributed by atoms with Crippen LogP contribution in [0, 0.1) is 0 Å². The topological polar surface area (TPSA) is 83.9 Å². The maximum absolute atomic E-state index is 12.6. The summed E-state index contributed by atoms with van der Waals surface area (Å²) < 4.78 is 28.2. The summed E-state index contributed by atoms with van der Waals surface area (Å²) in [5.41, 5.74) is 0.838. The number of hydrogen-bond acceptors (Lipinski definition) is 4. The molecule has 19 heavy (non-hydrogen) atoms. The molecule has 1 saturated heterocycles. The van der Waals surface area contributed by atoms with Crippen LogP contribution in [-0.4, -0.2) is 39.2 Å². The van der Waals surface area contributed by atoms with E-state index in [-0.39, 0.29) is 10.9 Å². The fourth-order valence-electron chi connectivity index (χ4n) is 2.46. The lowest BCUT2D eigenvalue weighted by atomic mass is 10.2. The smallest absolute Gasteiger partial charge is 0.246 e. The summed E-state index contributed by atoms with van der Waals surface area (Å²) in [4.78, 5) is 0.237. The summed E-state index contributed by atoms with van der Waals surface area (Å²) in [5, 5.41) is 10.7. The summed E-state index contributed by atoms with van der Waals surface area (Å²) in [6.45, 7) is 0.529. The van der Waals surface area contributed by atoms with Gasteiger partial charge in [-0.15, -0.1) is 0 Å². The Balaban J connectivity index is 1.96. The molecule has 0 unspecified atom stereocenters. The van der Waals surface area contributed by atoms with Crippen molar-refractivity contribution in [3.63, 3.8) is 0 Å². The molecule has 0 spiro atoms. The third-order valence-corrected chi connectivity index (χ3v) is 5.23. The second-order valence-electron chi connectivity index (χ2n) is 4.64. The molecule has 1 aliphatic heterocycles. The van der Waals surface area contributed by atoms with Crippen molar-refractivity contribution in [3.8, 4) is 0 Å². The van der Waals surface area contributed by atoms with E-state index in [1.165, 1.54) is 21.4 Å². The van der Waals surface area contributed by atoms with Gasteiger partial charge in [-0.25, -0.2) is 8.42 Å². The highest BCUT2D eigenvalue weighted by Crippen LogP contribution is 2.35. The van der Waals surface area contributed by atoms with Crippen molar-refractivity contribution >= 4 is 10.0 Å². The number of aromatic nitrogens is 4. The molecule has 0 aromatic carbocycles. The van der Waals surface area contributed by atoms with E-state index in [4.69, 9.17) is 0 Å². The molecule has 0 aliphatic carbocycles. The van der Waals surface area contributed by atoms with Gasteiger partial charge in [0.15, 0.2) is 0 Å². The molecule has 8 heteroatoms. The van der Waals surface area contributed by atoms with E-state index in [0.29, 0.717) is 6.54 Å². The summed E-state index contributed by atoms with van der Waals surface area (Å²) in [6.07, 6.45) is 6.21. The van der Waals surface area contributed by atoms with Crippen LogP contribution in [0.4, 0.5) is 0 Å². The molecular weight excluding hydrogens is 266 g/mol. The number of hydrogen-bond donors (Lipinski definition) is 1. The minimum Gasteiger partial charge on any atom is -0.281 e. The third kappa shape index (κ3) is 2.06. The fraction of sp³-hybridized carbons (Fsp3) is 0.455. The van der Waals surface area contributed by atoms with Gasteiger partial charge < -0.3 is 0 Å². The maximum Gasteiger partial charge on any atom is 0.246 e. The van der Waals surface area contributed by atoms with E-state index in [2.05, 4.69) is 15.3 Å². The van der Waals surface area contributed by atoms with E-state index in [0.717, 1.165) is 18.5 Å². The van der Waals surface area contributed by atoms with Crippen molar-refractivity contribution in [1.29, 1.82) is 0 Å². The predicted molar refractivity (Wildman–Crippen MR) is 67.7 cm³/mol. The Morgan fingerprint density at radius 1 is 1.47 bits per heavy atom. The molecule has 2 aromatic heterocycles. The van der Waals surface area contributed by atoms with Gasteiger partial charge in [0.05, 0.1) is 17.9 Å². The van der Waals surface area contributed by atoms with Crippen molar-refractivity contribution in [2.45, 2.75) is 23.8 Å². The first kappa shape index (κ1) is 12.4. The van der Waals surface area contributed by atoms with Crippen LogP contribution >= 0.6 is 0 Å². The van der Waals surface area contributed by atoms with Gasteiger partial charge in [-0.2, -0.15) is 14.5 Å². The lowest BCUT2D eigenvalue weighted by Crippen LogP contribution is -2.30. The normalized spacial score (nSPS) is 21.0. The Morgan fingerprint density at radius 2 is 2.32 bits per heavy atom. The maximum atomic E-state index is 12.6. The Hall–Kier alpha value is -1.67. The molecule has 0 bridgehead atoms. The minimum absolute atomic E-state index is 0.160. The van der Waals surface area contributed by atoms with Gasteiger partial charge >= 0.3 is 0 Å². The average Bonchev–Trinajstić information content (AvgIpc) is 3.09. The van der Waals surface area contributed by atoms with Crippen LogP contribution in [0.25, 0.3) is 0 Å². The van der Waals surface area contributed by atoms with Crippen molar-refractivity contribution < 1.29 is 8.42 Å². The fourth-order valence-corrected chi connectivity index (χ4v) is 4.12. The number of aryl methyl sites for hydroxylation is 1. The molecule has 1 atom stereocenters. The number of rotatable bonds is 3. The Morgan fingerprint density at radius 3 is 2.95 bits per heavy atom. The lowest BCUT2D eigenvalue weighted by Gasteiger charge is -2.22. The van der Waals surface area contributed by atoms with E-state index in [1.807, 2.05) is 6.07 Å². The summed E-state index contributed by atoms with van der Waals surface area (Å²) in [6, 6.07) is 1.66. The van der Waals surface area contributed by atoms with Gasteiger partial charge in [-0.05, 0) is 18.9 Å². The van der Waals surface area contributed by atoms with E-state index < -0.39 is 10.0 Å². The molecule has 7 nitrogen and oxygen atoms in total. The van der Waals surface area contributed by atoms with Crippen molar-refractivity contribution in [1.82, 2.24) is 24.3 Å². The Labute approximate surface area is 111 Å². The predicted octanol–water partition coefficient (Wildman–Crippen LogP) is 0.669. The van der Waals surface area contributed by atoms with Gasteiger partial charge in [0.1, 0.15) is 4.90 Å². The second-order valence-corrected chi connectivity index (χ2v) is 6.53. The summed E-state index contributed by atoms with van der Waals surface area (Å²) in [5.74, 6) is 0. The molecule has 1 aliphatic rings. The molecule has 0 radical (unpaired) electrons. The number of nitrogens with one attached hydrogen (secondary N) is 1. The van der Waals surface area contributed by atoms with E-state index in [9.17, 15) is 8.42 Å². The Kier molecular flexibility index (Phi) is 2.90. The van der Waals surface area contributed by atoms with Crippen LogP contribution in [-0.2, 0) is 17.1 Å². The number of nitrogens with zero attached hydrogens (tertiary/aromatic N) is 4. The van der Waals surface area contributed by atoms with Crippen LogP contribution in [0.15, 0.2) is 29.6 Å². The highest BCUT2D eigenvalue weighted by atomic mass is 32.2. The van der Waals surface area contributed by atoms with Gasteiger partial charge in [0, 0.05) is 26.0 Å². The first-order valence-electron chi connectivity index (χ1n) is 6.09. The zero-order valence-corrected chi connectivity index (χ0v) is 11.3. The van der Waals surface area contributed by atoms with Crippen molar-refractivity contribution in [3.05, 3.63) is 30.4 Å². The van der Waals surface area contributed by atoms with E-state index in [1.54, 1.807) is 13.2 Å². The van der Waals surface area contributed by atoms with Crippen molar-refractivity contribution in [2.24, 2.45) is 7.05 Å². The number of H-pyrrole nitrogens is 1.